The third-order valence-electron chi connectivity index (χ3n) is 3.71. The third-order valence-corrected chi connectivity index (χ3v) is 3.71. The number of aliphatic hydroxyl groups is 1. The van der Waals surface area contributed by atoms with E-state index in [4.69, 9.17) is 9.47 Å². The fourth-order valence-corrected chi connectivity index (χ4v) is 2.54. The molecule has 6 heteroatoms. The molecule has 2 aromatic rings. The van der Waals surface area contributed by atoms with Crippen molar-refractivity contribution in [2.24, 2.45) is 0 Å². The van der Waals surface area contributed by atoms with Crippen molar-refractivity contribution in [3.05, 3.63) is 53.6 Å². The lowest BCUT2D eigenvalue weighted by Crippen LogP contribution is -2.36. The highest BCUT2D eigenvalue weighted by molar-refractivity contribution is 5.74. The molecule has 124 valence electrons. The first-order chi connectivity index (χ1) is 11.6. The number of carbonyl (C=O) groups excluding carboxylic acids is 1. The Labute approximate surface area is 138 Å². The number of phenolic OH excluding ortho intramolecular Hbond substituents is 2. The number of hydrogen-bond acceptors (Lipinski definition) is 6. The maximum atomic E-state index is 10.4. The van der Waals surface area contributed by atoms with Crippen LogP contribution in [0.1, 0.15) is 17.2 Å². The van der Waals surface area contributed by atoms with Crippen LogP contribution in [0.5, 0.6) is 23.0 Å². The van der Waals surface area contributed by atoms with Crippen molar-refractivity contribution in [2.75, 3.05) is 6.61 Å². The van der Waals surface area contributed by atoms with E-state index in [1.165, 1.54) is 18.2 Å². The van der Waals surface area contributed by atoms with Gasteiger partial charge in [-0.3, -0.25) is 4.79 Å². The number of ether oxygens (including phenoxy) is 2. The molecule has 0 fully saturated rings. The number of carbonyl (C=O) groups is 1. The molecule has 3 rings (SSSR count). The minimum Gasteiger partial charge on any atom is -0.504 e. The van der Waals surface area contributed by atoms with Crippen molar-refractivity contribution < 1.29 is 29.6 Å². The summed E-state index contributed by atoms with van der Waals surface area (Å²) >= 11 is 0. The van der Waals surface area contributed by atoms with E-state index in [9.17, 15) is 20.1 Å². The number of aromatic hydroxyl groups is 2. The van der Waals surface area contributed by atoms with E-state index >= 15 is 0 Å². The number of rotatable bonds is 4. The summed E-state index contributed by atoms with van der Waals surface area (Å²) in [6, 6.07) is 9.49. The molecule has 2 atom stereocenters. The molecule has 3 N–H and O–H groups in total. The van der Waals surface area contributed by atoms with E-state index < -0.39 is 12.2 Å². The zero-order valence-corrected chi connectivity index (χ0v) is 12.6. The molecule has 0 bridgehead atoms. The predicted molar refractivity (Wildman–Crippen MR) is 86.2 cm³/mol. The minimum atomic E-state index is -0.655. The zero-order chi connectivity index (χ0) is 17.1. The van der Waals surface area contributed by atoms with E-state index in [0.29, 0.717) is 23.3 Å². The summed E-state index contributed by atoms with van der Waals surface area (Å²) in [5.74, 6) is 0.431. The first-order valence-corrected chi connectivity index (χ1v) is 7.34. The molecule has 0 amide bonds. The summed E-state index contributed by atoms with van der Waals surface area (Å²) in [6.07, 6.45) is 2.38. The minimum absolute atomic E-state index is 0.238. The molecule has 0 aromatic heterocycles. The standard InChI is InChI=1S/C18H16O6/c19-7-1-2-11-3-6-15-16(8-11)24-18(17(10-20)23-15)12-4-5-13(21)14(22)9-12/h1-9,17-18,20-22H,10H2/b2-1-. The number of phenols is 2. The maximum absolute atomic E-state index is 10.4. The van der Waals surface area contributed by atoms with Gasteiger partial charge in [0.05, 0.1) is 6.61 Å². The molecule has 0 spiro atoms. The van der Waals surface area contributed by atoms with Gasteiger partial charge in [-0.2, -0.15) is 0 Å². The number of allylic oxidation sites excluding steroid dienone is 1. The second-order valence-electron chi connectivity index (χ2n) is 5.33. The van der Waals surface area contributed by atoms with Gasteiger partial charge in [0.15, 0.2) is 35.2 Å². The molecule has 0 aliphatic carbocycles. The Kier molecular flexibility index (Phi) is 4.39. The Bertz CT molecular complexity index is 783. The van der Waals surface area contributed by atoms with Crippen molar-refractivity contribution in [3.63, 3.8) is 0 Å². The van der Waals surface area contributed by atoms with Crippen LogP contribution in [0.4, 0.5) is 0 Å². The molecule has 2 unspecified atom stereocenters. The molecular formula is C18H16O6. The van der Waals surface area contributed by atoms with Gasteiger partial charge in [0.1, 0.15) is 6.29 Å². The van der Waals surface area contributed by atoms with E-state index in [-0.39, 0.29) is 18.1 Å². The summed E-state index contributed by atoms with van der Waals surface area (Å²) in [5, 5.41) is 28.7. The van der Waals surface area contributed by atoms with Gasteiger partial charge in [0, 0.05) is 5.56 Å². The largest absolute Gasteiger partial charge is 0.504 e. The SMILES string of the molecule is O=C/C=C\c1ccc2c(c1)OC(c1ccc(O)c(O)c1)C(CO)O2. The van der Waals surface area contributed by atoms with Gasteiger partial charge < -0.3 is 24.8 Å². The lowest BCUT2D eigenvalue weighted by molar-refractivity contribution is -0.104. The predicted octanol–water partition coefficient (Wildman–Crippen LogP) is 2.18. The molecule has 24 heavy (non-hydrogen) atoms. The second kappa shape index (κ2) is 6.64. The molecule has 0 saturated heterocycles. The Morgan fingerprint density at radius 1 is 1.00 bits per heavy atom. The van der Waals surface area contributed by atoms with Crippen molar-refractivity contribution in [1.29, 1.82) is 0 Å². The quantitative estimate of drug-likeness (QED) is 0.452. The summed E-state index contributed by atoms with van der Waals surface area (Å²) in [7, 11) is 0. The summed E-state index contributed by atoms with van der Waals surface area (Å²) in [6.45, 7) is -0.279. The molecule has 0 saturated carbocycles. The van der Waals surface area contributed by atoms with Gasteiger partial charge in [-0.15, -0.1) is 0 Å². The van der Waals surface area contributed by atoms with Crippen LogP contribution in [0.15, 0.2) is 42.5 Å². The average Bonchev–Trinajstić information content (AvgIpc) is 2.61. The van der Waals surface area contributed by atoms with Gasteiger partial charge in [-0.1, -0.05) is 18.2 Å². The van der Waals surface area contributed by atoms with Gasteiger partial charge in [-0.05, 0) is 35.9 Å². The normalized spacial score (nSPS) is 19.4. The monoisotopic (exact) mass is 328 g/mol. The van der Waals surface area contributed by atoms with E-state index in [0.717, 1.165) is 5.56 Å². The Balaban J connectivity index is 1.95. The highest BCUT2D eigenvalue weighted by Crippen LogP contribution is 2.41. The highest BCUT2D eigenvalue weighted by Gasteiger charge is 2.33. The first kappa shape index (κ1) is 15.9. The van der Waals surface area contributed by atoms with E-state index in [1.807, 2.05) is 0 Å². The Morgan fingerprint density at radius 2 is 1.83 bits per heavy atom. The van der Waals surface area contributed by atoms with Crippen molar-refractivity contribution in [1.82, 2.24) is 0 Å². The van der Waals surface area contributed by atoms with Gasteiger partial charge in [-0.25, -0.2) is 0 Å². The van der Waals surface area contributed by atoms with Crippen LogP contribution in [0.2, 0.25) is 0 Å². The van der Waals surface area contributed by atoms with Crippen LogP contribution in [0, 0.1) is 0 Å². The van der Waals surface area contributed by atoms with Crippen LogP contribution < -0.4 is 9.47 Å². The lowest BCUT2D eigenvalue weighted by atomic mass is 10.0. The molecule has 1 heterocycles. The number of aliphatic hydroxyl groups excluding tert-OH is 1. The average molecular weight is 328 g/mol. The third kappa shape index (κ3) is 3.04. The van der Waals surface area contributed by atoms with Crippen LogP contribution in [0.3, 0.4) is 0 Å². The number of benzene rings is 2. The molecule has 6 nitrogen and oxygen atoms in total. The smallest absolute Gasteiger partial charge is 0.163 e. The second-order valence-corrected chi connectivity index (χ2v) is 5.33. The van der Waals surface area contributed by atoms with Crippen LogP contribution in [-0.2, 0) is 4.79 Å². The van der Waals surface area contributed by atoms with Gasteiger partial charge in [0.2, 0.25) is 0 Å². The Hall–Kier alpha value is -2.99. The lowest BCUT2D eigenvalue weighted by Gasteiger charge is -2.33. The van der Waals surface area contributed by atoms with Crippen LogP contribution >= 0.6 is 0 Å². The fourth-order valence-electron chi connectivity index (χ4n) is 2.54. The highest BCUT2D eigenvalue weighted by atomic mass is 16.6. The fraction of sp³-hybridized carbons (Fsp3) is 0.167. The van der Waals surface area contributed by atoms with Crippen LogP contribution in [-0.4, -0.2) is 34.3 Å². The summed E-state index contributed by atoms with van der Waals surface area (Å²) in [4.78, 5) is 10.4. The van der Waals surface area contributed by atoms with Crippen molar-refractivity contribution in [3.8, 4) is 23.0 Å². The molecular weight excluding hydrogens is 312 g/mol. The van der Waals surface area contributed by atoms with E-state index in [1.54, 1.807) is 30.3 Å². The topological polar surface area (TPSA) is 96.2 Å². The van der Waals surface area contributed by atoms with Crippen molar-refractivity contribution >= 4 is 12.4 Å². The summed E-state index contributed by atoms with van der Waals surface area (Å²) in [5.41, 5.74) is 1.32. The van der Waals surface area contributed by atoms with Crippen molar-refractivity contribution in [2.45, 2.75) is 12.2 Å². The Morgan fingerprint density at radius 3 is 2.54 bits per heavy atom. The maximum Gasteiger partial charge on any atom is 0.163 e. The van der Waals surface area contributed by atoms with Crippen LogP contribution in [0.25, 0.3) is 6.08 Å². The number of hydrogen-bond donors (Lipinski definition) is 3. The first-order valence-electron chi connectivity index (χ1n) is 7.34. The number of fused-ring (bicyclic) bond motifs is 1. The molecule has 2 aromatic carbocycles. The zero-order valence-electron chi connectivity index (χ0n) is 12.6. The molecule has 0 radical (unpaired) electrons. The molecule has 1 aliphatic heterocycles. The van der Waals surface area contributed by atoms with E-state index in [2.05, 4.69) is 0 Å². The van der Waals surface area contributed by atoms with Gasteiger partial charge >= 0.3 is 0 Å². The van der Waals surface area contributed by atoms with Gasteiger partial charge in [0.25, 0.3) is 0 Å². The number of aldehydes is 1. The molecule has 1 aliphatic rings. The summed E-state index contributed by atoms with van der Waals surface area (Å²) < 4.78 is 11.7.